The summed E-state index contributed by atoms with van der Waals surface area (Å²) in [5.41, 5.74) is 3.97. The van der Waals surface area contributed by atoms with Crippen LogP contribution in [0.4, 0.5) is 0 Å². The first-order chi connectivity index (χ1) is 10.2. The first-order valence-electron chi connectivity index (χ1n) is 7.32. The van der Waals surface area contributed by atoms with Gasteiger partial charge in [0.25, 0.3) is 0 Å². The van der Waals surface area contributed by atoms with Gasteiger partial charge < -0.3 is 10.0 Å². The Morgan fingerprint density at radius 3 is 2.59 bits per heavy atom. The Morgan fingerprint density at radius 1 is 1.18 bits per heavy atom. The summed E-state index contributed by atoms with van der Waals surface area (Å²) in [6.45, 7) is 2.06. The molecular formula is C18H22BrNOS. The Kier molecular flexibility index (Phi) is 5.95. The maximum absolute atomic E-state index is 10.3. The quantitative estimate of drug-likeness (QED) is 0.786. The van der Waals surface area contributed by atoms with Crippen molar-refractivity contribution >= 4 is 28.7 Å². The molecule has 0 fully saturated rings. The molecule has 1 aliphatic heterocycles. The van der Waals surface area contributed by atoms with Gasteiger partial charge in [-0.25, -0.2) is 0 Å². The van der Waals surface area contributed by atoms with Crippen LogP contribution in [-0.4, -0.2) is 36.4 Å². The van der Waals surface area contributed by atoms with Crippen LogP contribution in [0.5, 0.6) is 5.75 Å². The lowest BCUT2D eigenvalue weighted by atomic mass is 9.88. The van der Waals surface area contributed by atoms with Crippen molar-refractivity contribution in [2.45, 2.75) is 17.2 Å². The highest BCUT2D eigenvalue weighted by atomic mass is 79.9. The van der Waals surface area contributed by atoms with Crippen molar-refractivity contribution < 1.29 is 5.11 Å². The fourth-order valence-corrected chi connectivity index (χ4v) is 3.64. The number of hydrogen-bond donors (Lipinski definition) is 1. The summed E-state index contributed by atoms with van der Waals surface area (Å²) in [5.74, 6) is 0.738. The van der Waals surface area contributed by atoms with E-state index in [1.807, 2.05) is 12.3 Å². The first kappa shape index (κ1) is 17.4. The van der Waals surface area contributed by atoms with Gasteiger partial charge in [0.05, 0.1) is 0 Å². The van der Waals surface area contributed by atoms with Crippen molar-refractivity contribution in [1.82, 2.24) is 4.90 Å². The topological polar surface area (TPSA) is 23.5 Å². The zero-order valence-electron chi connectivity index (χ0n) is 13.0. The third-order valence-electron chi connectivity index (χ3n) is 4.28. The predicted octanol–water partition coefficient (Wildman–Crippen LogP) is 4.31. The molecule has 2 aromatic carbocycles. The molecule has 0 spiro atoms. The van der Waals surface area contributed by atoms with Gasteiger partial charge in [-0.3, -0.25) is 0 Å². The van der Waals surface area contributed by atoms with Crippen LogP contribution in [0.2, 0.25) is 0 Å². The van der Waals surface area contributed by atoms with Gasteiger partial charge in [0.15, 0.2) is 0 Å². The van der Waals surface area contributed by atoms with Crippen molar-refractivity contribution in [2.75, 3.05) is 26.4 Å². The van der Waals surface area contributed by atoms with Gasteiger partial charge in [-0.2, -0.15) is 0 Å². The average Bonchev–Trinajstić information content (AvgIpc) is 2.67. The Balaban J connectivity index is 0.00000176. The van der Waals surface area contributed by atoms with Crippen molar-refractivity contribution in [3.63, 3.8) is 0 Å². The lowest BCUT2D eigenvalue weighted by molar-refractivity contribution is 0.338. The molecule has 0 radical (unpaired) electrons. The number of rotatable bonds is 2. The van der Waals surface area contributed by atoms with Crippen LogP contribution in [0.15, 0.2) is 47.4 Å². The molecule has 1 aliphatic rings. The molecule has 0 aliphatic carbocycles. The van der Waals surface area contributed by atoms with E-state index in [0.29, 0.717) is 11.7 Å². The number of phenols is 1. The Hall–Kier alpha value is -0.970. The van der Waals surface area contributed by atoms with E-state index in [4.69, 9.17) is 0 Å². The predicted molar refractivity (Wildman–Crippen MR) is 99.7 cm³/mol. The van der Waals surface area contributed by atoms with E-state index in [2.05, 4.69) is 48.3 Å². The van der Waals surface area contributed by atoms with Crippen molar-refractivity contribution in [3.8, 4) is 5.75 Å². The molecule has 0 saturated heterocycles. The van der Waals surface area contributed by atoms with Gasteiger partial charge in [0, 0.05) is 23.9 Å². The van der Waals surface area contributed by atoms with Crippen LogP contribution in [-0.2, 0) is 6.42 Å². The second-order valence-corrected chi connectivity index (χ2v) is 6.55. The summed E-state index contributed by atoms with van der Waals surface area (Å²) in [4.78, 5) is 3.36. The van der Waals surface area contributed by atoms with E-state index in [-0.39, 0.29) is 17.0 Å². The van der Waals surface area contributed by atoms with Crippen molar-refractivity contribution in [2.24, 2.45) is 0 Å². The summed E-state index contributed by atoms with van der Waals surface area (Å²) in [7, 11) is 2.18. The third kappa shape index (κ3) is 3.50. The summed E-state index contributed by atoms with van der Waals surface area (Å²) >= 11 is 1.61. The molecule has 0 saturated carbocycles. The Labute approximate surface area is 147 Å². The minimum absolute atomic E-state index is 0. The number of hydrogen-bond acceptors (Lipinski definition) is 3. The van der Waals surface area contributed by atoms with Crippen LogP contribution < -0.4 is 0 Å². The zero-order valence-corrected chi connectivity index (χ0v) is 15.5. The van der Waals surface area contributed by atoms with Gasteiger partial charge in [-0.1, -0.05) is 30.3 Å². The number of halogens is 1. The Morgan fingerprint density at radius 2 is 1.91 bits per heavy atom. The van der Waals surface area contributed by atoms with E-state index >= 15 is 0 Å². The largest absolute Gasteiger partial charge is 0.507 e. The highest BCUT2D eigenvalue weighted by Crippen LogP contribution is 2.37. The molecule has 1 unspecified atom stereocenters. The highest BCUT2D eigenvalue weighted by molar-refractivity contribution is 8.93. The summed E-state index contributed by atoms with van der Waals surface area (Å²) < 4.78 is 0. The molecule has 1 N–H and O–H groups in total. The van der Waals surface area contributed by atoms with Crippen LogP contribution in [0, 0.1) is 0 Å². The molecule has 0 aromatic heterocycles. The molecule has 2 nitrogen and oxygen atoms in total. The second-order valence-electron chi connectivity index (χ2n) is 5.70. The SMILES string of the molecule is Br.CSc1cc2c(cc1O)C(c1ccccc1)CN(C)CC2. The van der Waals surface area contributed by atoms with Crippen molar-refractivity contribution in [1.29, 1.82) is 0 Å². The summed E-state index contributed by atoms with van der Waals surface area (Å²) in [6.07, 6.45) is 3.06. The van der Waals surface area contributed by atoms with E-state index in [0.717, 1.165) is 24.4 Å². The molecule has 1 atom stereocenters. The Bertz CT molecular complexity index is 632. The maximum atomic E-state index is 10.3. The fraction of sp³-hybridized carbons (Fsp3) is 0.333. The molecule has 3 rings (SSSR count). The molecule has 22 heavy (non-hydrogen) atoms. The highest BCUT2D eigenvalue weighted by Gasteiger charge is 2.24. The molecule has 1 heterocycles. The molecule has 0 amide bonds. The lowest BCUT2D eigenvalue weighted by Gasteiger charge is -2.22. The smallest absolute Gasteiger partial charge is 0.129 e. The molecule has 2 aromatic rings. The maximum Gasteiger partial charge on any atom is 0.129 e. The van der Waals surface area contributed by atoms with Crippen LogP contribution >= 0.6 is 28.7 Å². The molecular weight excluding hydrogens is 358 g/mol. The number of nitrogens with zero attached hydrogens (tertiary/aromatic N) is 1. The van der Waals surface area contributed by atoms with E-state index < -0.39 is 0 Å². The molecule has 118 valence electrons. The minimum Gasteiger partial charge on any atom is -0.507 e. The van der Waals surface area contributed by atoms with Crippen molar-refractivity contribution in [3.05, 3.63) is 59.2 Å². The fourth-order valence-electron chi connectivity index (χ4n) is 3.11. The molecule has 0 bridgehead atoms. The summed E-state index contributed by atoms with van der Waals surface area (Å²) in [5, 5.41) is 10.3. The van der Waals surface area contributed by atoms with Gasteiger partial charge in [0.1, 0.15) is 5.75 Å². The second kappa shape index (κ2) is 7.53. The number of aromatic hydroxyl groups is 1. The van der Waals surface area contributed by atoms with E-state index in [9.17, 15) is 5.11 Å². The van der Waals surface area contributed by atoms with Crippen LogP contribution in [0.3, 0.4) is 0 Å². The van der Waals surface area contributed by atoms with Gasteiger partial charge in [-0.15, -0.1) is 28.7 Å². The third-order valence-corrected chi connectivity index (χ3v) is 5.04. The van der Waals surface area contributed by atoms with Crippen LogP contribution in [0.1, 0.15) is 22.6 Å². The first-order valence-corrected chi connectivity index (χ1v) is 8.54. The number of benzene rings is 2. The van der Waals surface area contributed by atoms with Gasteiger partial charge in [-0.05, 0) is 48.5 Å². The van der Waals surface area contributed by atoms with E-state index in [1.165, 1.54) is 16.7 Å². The van der Waals surface area contributed by atoms with Gasteiger partial charge in [0.2, 0.25) is 0 Å². The summed E-state index contributed by atoms with van der Waals surface area (Å²) in [6, 6.07) is 14.8. The normalized spacial score (nSPS) is 18.2. The minimum atomic E-state index is 0. The lowest BCUT2D eigenvalue weighted by Crippen LogP contribution is -2.24. The standard InChI is InChI=1S/C18H21NOS.BrH/c1-19-9-8-14-10-18(21-2)17(20)11-15(14)16(12-19)13-6-4-3-5-7-13;/h3-7,10-11,16,20H,8-9,12H2,1-2H3;1H. The number of likely N-dealkylation sites (N-methyl/N-ethyl adjacent to an activating group) is 1. The zero-order chi connectivity index (χ0) is 14.8. The molecule has 4 heteroatoms. The number of thioether (sulfide) groups is 1. The van der Waals surface area contributed by atoms with Gasteiger partial charge >= 0.3 is 0 Å². The van der Waals surface area contributed by atoms with Crippen LogP contribution in [0.25, 0.3) is 0 Å². The average molecular weight is 380 g/mol. The number of fused-ring (bicyclic) bond motifs is 1. The monoisotopic (exact) mass is 379 g/mol. The van der Waals surface area contributed by atoms with E-state index in [1.54, 1.807) is 11.8 Å². The number of phenolic OH excluding ortho intramolecular Hbond substituents is 1.